The molecule has 0 radical (unpaired) electrons. The monoisotopic (exact) mass is 642 g/mol. The van der Waals surface area contributed by atoms with Crippen LogP contribution < -0.4 is 24.8 Å². The Morgan fingerprint density at radius 3 is 1.68 bits per heavy atom. The molecule has 3 aromatic rings. The fourth-order valence-electron chi connectivity index (χ4n) is 4.21. The third-order valence-electron chi connectivity index (χ3n) is 6.89. The van der Waals surface area contributed by atoms with E-state index < -0.39 is 0 Å². The minimum Gasteiger partial charge on any atom is -1.00 e. The summed E-state index contributed by atoms with van der Waals surface area (Å²) in [6.07, 6.45) is 3.36. The SMILES string of the molecule is CC(C)(C)c1cc(-c2c[cH-]c3ccccc23)cc(C(C)(C)C)c1.CC1=[C-]C(C)C(C)=C1C.C[Si](C)=[Zr+2].[Cl-].[Cl-]. The average Bonchev–Trinajstić information content (AvgIpc) is 3.29. The molecule has 0 aliphatic heterocycles. The Kier molecular flexibility index (Phi) is 15.0. The van der Waals surface area contributed by atoms with Crippen molar-refractivity contribution < 1.29 is 48.1 Å². The topological polar surface area (TPSA) is 0 Å². The van der Waals surface area contributed by atoms with Crippen molar-refractivity contribution in [3.8, 4) is 11.1 Å². The van der Waals surface area contributed by atoms with Gasteiger partial charge in [0, 0.05) is 0 Å². The largest absolute Gasteiger partial charge is 1.00 e. The number of hydrogen-bond donors (Lipinski definition) is 0. The Bertz CT molecular complexity index is 1240. The van der Waals surface area contributed by atoms with E-state index in [-0.39, 0.29) is 41.1 Å². The second-order valence-electron chi connectivity index (χ2n) is 12.4. The zero-order valence-corrected chi connectivity index (χ0v) is 30.5. The molecule has 0 nitrogen and oxygen atoms in total. The van der Waals surface area contributed by atoms with E-state index in [1.807, 2.05) is 0 Å². The Morgan fingerprint density at radius 1 is 0.842 bits per heavy atom. The molecule has 3 aromatic carbocycles. The van der Waals surface area contributed by atoms with E-state index in [1.165, 1.54) is 49.7 Å². The van der Waals surface area contributed by atoms with E-state index in [2.05, 4.69) is 143 Å². The van der Waals surface area contributed by atoms with Gasteiger partial charge in [0.1, 0.15) is 0 Å². The normalized spacial score (nSPS) is 14.9. The summed E-state index contributed by atoms with van der Waals surface area (Å²) in [6, 6.07) is 20.3. The molecule has 0 heterocycles. The predicted octanol–water partition coefficient (Wildman–Crippen LogP) is 4.33. The summed E-state index contributed by atoms with van der Waals surface area (Å²) in [5.41, 5.74) is 10.3. The van der Waals surface area contributed by atoms with Crippen LogP contribution in [0.2, 0.25) is 13.1 Å². The van der Waals surface area contributed by atoms with Gasteiger partial charge in [0.2, 0.25) is 0 Å². The summed E-state index contributed by atoms with van der Waals surface area (Å²) < 4.78 is 0. The Hall–Kier alpha value is -0.790. The summed E-state index contributed by atoms with van der Waals surface area (Å²) in [5, 5.41) is 2.67. The van der Waals surface area contributed by atoms with Gasteiger partial charge in [-0.3, -0.25) is 6.08 Å². The molecular formula is C34H46Cl2SiZr-2. The fraction of sp³-hybridized carbons (Fsp3) is 0.441. The van der Waals surface area contributed by atoms with E-state index in [0.717, 1.165) is 0 Å². The van der Waals surface area contributed by atoms with Crippen molar-refractivity contribution in [1.82, 2.24) is 0 Å². The van der Waals surface area contributed by atoms with E-state index in [9.17, 15) is 0 Å². The van der Waals surface area contributed by atoms with Gasteiger partial charge in [0.25, 0.3) is 0 Å². The van der Waals surface area contributed by atoms with Crippen molar-refractivity contribution in [2.24, 2.45) is 5.92 Å². The van der Waals surface area contributed by atoms with Gasteiger partial charge in [0.15, 0.2) is 0 Å². The molecule has 0 aromatic heterocycles. The molecular weight excluding hydrogens is 599 g/mol. The van der Waals surface area contributed by atoms with Crippen LogP contribution in [0, 0.1) is 12.0 Å². The minimum absolute atomic E-state index is 0. The second kappa shape index (κ2) is 15.3. The van der Waals surface area contributed by atoms with Crippen LogP contribution in [0.15, 0.2) is 71.3 Å². The van der Waals surface area contributed by atoms with E-state index in [0.29, 0.717) is 5.92 Å². The van der Waals surface area contributed by atoms with Gasteiger partial charge in [-0.15, -0.1) is 53.6 Å². The summed E-state index contributed by atoms with van der Waals surface area (Å²) in [5.74, 6) is 0.560. The van der Waals surface area contributed by atoms with Crippen LogP contribution in [0.4, 0.5) is 0 Å². The second-order valence-corrected chi connectivity index (χ2v) is 21.8. The molecule has 1 unspecified atom stereocenters. The first-order valence-electron chi connectivity index (χ1n) is 13.1. The van der Waals surface area contributed by atoms with Crippen LogP contribution in [0.1, 0.15) is 80.4 Å². The smallest absolute Gasteiger partial charge is 1.00 e. The Labute approximate surface area is 261 Å². The number of fused-ring (bicyclic) bond motifs is 1. The van der Waals surface area contributed by atoms with Crippen LogP contribution >= 0.6 is 0 Å². The number of benzene rings is 2. The van der Waals surface area contributed by atoms with E-state index >= 15 is 0 Å². The van der Waals surface area contributed by atoms with Gasteiger partial charge in [-0.2, -0.15) is 11.1 Å². The van der Waals surface area contributed by atoms with Crippen molar-refractivity contribution in [1.29, 1.82) is 0 Å². The first-order valence-corrected chi connectivity index (χ1v) is 19.3. The molecule has 1 aliphatic carbocycles. The van der Waals surface area contributed by atoms with Crippen molar-refractivity contribution in [2.45, 2.75) is 93.2 Å². The van der Waals surface area contributed by atoms with Crippen LogP contribution in [0.25, 0.3) is 21.9 Å². The summed E-state index contributed by atoms with van der Waals surface area (Å²) in [7, 11) is 0. The van der Waals surface area contributed by atoms with Crippen LogP contribution in [0.3, 0.4) is 0 Å². The standard InChI is InChI=1S/C23H27.C9H13.C2H6Si.2ClH.Zr/c1-22(2,3)18-13-17(14-19(15-18)23(4,5)6)21-12-11-16-9-7-8-10-20(16)21;1-6-5-7(2)9(4)8(6)3;1-3-2;;;/h7-15H,1-6H3;6H,1-4H3;1-2H3;2*1H;/q2*-1;;;;+2/p-2. The molecule has 1 atom stereocenters. The molecule has 0 bridgehead atoms. The molecule has 0 fully saturated rings. The van der Waals surface area contributed by atoms with E-state index in [4.69, 9.17) is 0 Å². The van der Waals surface area contributed by atoms with Crippen molar-refractivity contribution in [3.05, 3.63) is 88.5 Å². The molecule has 0 amide bonds. The molecule has 38 heavy (non-hydrogen) atoms. The molecule has 0 saturated heterocycles. The number of hydrogen-bond acceptors (Lipinski definition) is 0. The van der Waals surface area contributed by atoms with Gasteiger partial charge >= 0.3 is 41.9 Å². The Balaban J connectivity index is 0.000000764. The van der Waals surface area contributed by atoms with Crippen molar-refractivity contribution >= 4 is 16.2 Å². The molecule has 4 rings (SSSR count). The molecule has 0 N–H and O–H groups in total. The number of allylic oxidation sites excluding steroid dienone is 4. The third kappa shape index (κ3) is 10.3. The third-order valence-corrected chi connectivity index (χ3v) is 6.89. The van der Waals surface area contributed by atoms with Crippen molar-refractivity contribution in [2.75, 3.05) is 0 Å². The molecule has 1 aliphatic rings. The Morgan fingerprint density at radius 2 is 1.32 bits per heavy atom. The summed E-state index contributed by atoms with van der Waals surface area (Å²) >= 11 is 1.74. The quantitative estimate of drug-likeness (QED) is 0.274. The molecule has 0 saturated carbocycles. The first-order chi connectivity index (χ1) is 16.5. The fourth-order valence-corrected chi connectivity index (χ4v) is 4.21. The van der Waals surface area contributed by atoms with Gasteiger partial charge in [-0.1, -0.05) is 98.1 Å². The van der Waals surface area contributed by atoms with Crippen LogP contribution in [0.5, 0.6) is 0 Å². The number of halogens is 2. The summed E-state index contributed by atoms with van der Waals surface area (Å²) in [6.45, 7) is 27.0. The first kappa shape index (κ1) is 37.2. The number of rotatable bonds is 1. The molecule has 0 spiro atoms. The van der Waals surface area contributed by atoms with Crippen LogP contribution in [-0.4, -0.2) is 5.43 Å². The maximum absolute atomic E-state index is 3.36. The predicted molar refractivity (Wildman–Crippen MR) is 160 cm³/mol. The maximum Gasteiger partial charge on any atom is -1.00 e. The molecule has 4 heteroatoms. The molecule has 206 valence electrons. The summed E-state index contributed by atoms with van der Waals surface area (Å²) in [4.78, 5) is 0. The van der Waals surface area contributed by atoms with Gasteiger partial charge < -0.3 is 24.8 Å². The maximum atomic E-state index is 3.36. The van der Waals surface area contributed by atoms with Crippen LogP contribution in [-0.2, 0) is 34.2 Å². The van der Waals surface area contributed by atoms with Gasteiger partial charge in [-0.05, 0) is 22.0 Å². The average molecular weight is 645 g/mol. The van der Waals surface area contributed by atoms with Gasteiger partial charge in [-0.25, -0.2) is 5.57 Å². The zero-order valence-electron chi connectivity index (χ0n) is 25.5. The van der Waals surface area contributed by atoms with Crippen molar-refractivity contribution in [3.63, 3.8) is 0 Å². The van der Waals surface area contributed by atoms with E-state index in [1.54, 1.807) is 23.3 Å². The van der Waals surface area contributed by atoms with Gasteiger partial charge in [0.05, 0.1) is 0 Å². The minimum atomic E-state index is 0. The zero-order chi connectivity index (χ0) is 27.4.